The fourth-order valence-corrected chi connectivity index (χ4v) is 3.73. The molecule has 2 aromatic carbocycles. The largest absolute Gasteiger partial charge is 0.344 e. The molecule has 168 valence electrons. The van der Waals surface area contributed by atoms with Gasteiger partial charge in [-0.3, -0.25) is 9.78 Å². The lowest BCUT2D eigenvalue weighted by molar-refractivity contribution is -0.121. The number of pyridine rings is 1. The number of hydrogen-bond acceptors (Lipinski definition) is 3. The van der Waals surface area contributed by atoms with Crippen LogP contribution in [0.3, 0.4) is 0 Å². The van der Waals surface area contributed by atoms with Crippen molar-refractivity contribution >= 4 is 22.1 Å². The average molecular weight is 437 g/mol. The molecule has 1 atom stereocenters. The molecule has 1 aromatic heterocycles. The summed E-state index contributed by atoms with van der Waals surface area (Å²) in [4.78, 5) is 18.9. The Morgan fingerprint density at radius 3 is 2.48 bits per heavy atom. The number of carbonyl (C=O) groups is 1. The summed E-state index contributed by atoms with van der Waals surface area (Å²) in [6.45, 7) is 7.88. The SMILES string of the molecule is C/C=C/CC(=O)[C@H](C)N1C=CC=CC(c2ccc(-c3cncc4ccccc34)cc2)=C1.CC. The van der Waals surface area contributed by atoms with Crippen molar-refractivity contribution < 1.29 is 4.79 Å². The van der Waals surface area contributed by atoms with E-state index in [9.17, 15) is 4.79 Å². The van der Waals surface area contributed by atoms with Gasteiger partial charge in [0.05, 0.1) is 6.04 Å². The Bertz CT molecular complexity index is 1190. The highest BCUT2D eigenvalue weighted by Gasteiger charge is 2.17. The maximum atomic E-state index is 12.5. The summed E-state index contributed by atoms with van der Waals surface area (Å²) in [5.41, 5.74) is 4.44. The molecular formula is C30H32N2O. The summed E-state index contributed by atoms with van der Waals surface area (Å²) >= 11 is 0. The summed E-state index contributed by atoms with van der Waals surface area (Å²) in [6.07, 6.45) is 18.2. The number of allylic oxidation sites excluding steroid dienone is 6. The highest BCUT2D eigenvalue weighted by Crippen LogP contribution is 2.29. The van der Waals surface area contributed by atoms with E-state index in [0.29, 0.717) is 6.42 Å². The normalized spacial score (nSPS) is 13.9. The van der Waals surface area contributed by atoms with Crippen molar-refractivity contribution in [1.82, 2.24) is 9.88 Å². The van der Waals surface area contributed by atoms with Gasteiger partial charge in [0.25, 0.3) is 0 Å². The van der Waals surface area contributed by atoms with E-state index < -0.39 is 0 Å². The van der Waals surface area contributed by atoms with Gasteiger partial charge in [0.2, 0.25) is 0 Å². The molecule has 0 aliphatic carbocycles. The maximum absolute atomic E-state index is 12.5. The molecule has 1 aliphatic rings. The molecule has 4 rings (SSSR count). The van der Waals surface area contributed by atoms with Crippen LogP contribution in [-0.4, -0.2) is 21.7 Å². The zero-order valence-corrected chi connectivity index (χ0v) is 19.9. The van der Waals surface area contributed by atoms with Crippen LogP contribution in [0.25, 0.3) is 27.5 Å². The number of aromatic nitrogens is 1. The quantitative estimate of drug-likeness (QED) is 0.373. The third kappa shape index (κ3) is 5.75. The van der Waals surface area contributed by atoms with Crippen molar-refractivity contribution in [3.05, 3.63) is 109 Å². The van der Waals surface area contributed by atoms with Crippen LogP contribution in [-0.2, 0) is 4.79 Å². The topological polar surface area (TPSA) is 33.2 Å². The molecule has 0 spiro atoms. The van der Waals surface area contributed by atoms with Crippen molar-refractivity contribution in [2.24, 2.45) is 0 Å². The highest BCUT2D eigenvalue weighted by molar-refractivity contribution is 5.96. The zero-order valence-electron chi connectivity index (χ0n) is 19.9. The van der Waals surface area contributed by atoms with Crippen LogP contribution < -0.4 is 0 Å². The van der Waals surface area contributed by atoms with Crippen molar-refractivity contribution in [1.29, 1.82) is 0 Å². The monoisotopic (exact) mass is 436 g/mol. The summed E-state index contributed by atoms with van der Waals surface area (Å²) in [5, 5.41) is 2.33. The molecule has 0 bridgehead atoms. The van der Waals surface area contributed by atoms with Crippen molar-refractivity contribution in [2.75, 3.05) is 0 Å². The van der Waals surface area contributed by atoms with Gasteiger partial charge in [-0.1, -0.05) is 86.7 Å². The molecule has 1 aliphatic heterocycles. The number of Topliss-reactive ketones (excluding diaryl/α,β-unsaturated/α-hetero) is 1. The van der Waals surface area contributed by atoms with E-state index in [1.807, 2.05) is 87.8 Å². The predicted molar refractivity (Wildman–Crippen MR) is 141 cm³/mol. The van der Waals surface area contributed by atoms with E-state index in [1.54, 1.807) is 0 Å². The fourth-order valence-electron chi connectivity index (χ4n) is 3.73. The fraction of sp³-hybridized carbons (Fsp3) is 0.200. The van der Waals surface area contributed by atoms with Gasteiger partial charge in [-0.25, -0.2) is 0 Å². The zero-order chi connectivity index (χ0) is 23.6. The van der Waals surface area contributed by atoms with E-state index in [2.05, 4.69) is 53.5 Å². The van der Waals surface area contributed by atoms with E-state index in [-0.39, 0.29) is 11.8 Å². The van der Waals surface area contributed by atoms with Gasteiger partial charge >= 0.3 is 0 Å². The van der Waals surface area contributed by atoms with Crippen LogP contribution in [0.2, 0.25) is 0 Å². The number of nitrogens with zero attached hydrogens (tertiary/aromatic N) is 2. The Kier molecular flexibility index (Phi) is 8.54. The van der Waals surface area contributed by atoms with Gasteiger partial charge in [-0.2, -0.15) is 0 Å². The minimum absolute atomic E-state index is 0.194. The Morgan fingerprint density at radius 1 is 1.00 bits per heavy atom. The van der Waals surface area contributed by atoms with Gasteiger partial charge in [-0.05, 0) is 42.0 Å². The Balaban J connectivity index is 0.00000149. The summed E-state index contributed by atoms with van der Waals surface area (Å²) in [7, 11) is 0. The summed E-state index contributed by atoms with van der Waals surface area (Å²) in [5.74, 6) is 0.194. The second-order valence-corrected chi connectivity index (χ2v) is 7.63. The lowest BCUT2D eigenvalue weighted by Crippen LogP contribution is -2.31. The first kappa shape index (κ1) is 23.9. The van der Waals surface area contributed by atoms with E-state index in [0.717, 1.165) is 27.6 Å². The van der Waals surface area contributed by atoms with Gasteiger partial charge in [0.1, 0.15) is 0 Å². The number of ketones is 1. The van der Waals surface area contributed by atoms with Gasteiger partial charge in [0.15, 0.2) is 5.78 Å². The minimum Gasteiger partial charge on any atom is -0.344 e. The smallest absolute Gasteiger partial charge is 0.159 e. The molecular weight excluding hydrogens is 404 g/mol. The molecule has 0 radical (unpaired) electrons. The van der Waals surface area contributed by atoms with Gasteiger partial charge < -0.3 is 4.90 Å². The first-order valence-corrected chi connectivity index (χ1v) is 11.6. The molecule has 0 saturated heterocycles. The highest BCUT2D eigenvalue weighted by atomic mass is 16.1. The average Bonchev–Trinajstić information content (AvgIpc) is 3.14. The summed E-state index contributed by atoms with van der Waals surface area (Å²) in [6, 6.07) is 16.6. The number of carbonyl (C=O) groups excluding carboxylic acids is 1. The van der Waals surface area contributed by atoms with Crippen LogP contribution in [0.5, 0.6) is 0 Å². The first-order valence-electron chi connectivity index (χ1n) is 11.6. The van der Waals surface area contributed by atoms with Crippen molar-refractivity contribution in [2.45, 2.75) is 40.2 Å². The summed E-state index contributed by atoms with van der Waals surface area (Å²) < 4.78 is 0. The van der Waals surface area contributed by atoms with E-state index in [4.69, 9.17) is 0 Å². The van der Waals surface area contributed by atoms with Crippen molar-refractivity contribution in [3.63, 3.8) is 0 Å². The molecule has 0 amide bonds. The third-order valence-corrected chi connectivity index (χ3v) is 5.60. The molecule has 3 nitrogen and oxygen atoms in total. The second kappa shape index (κ2) is 11.8. The molecule has 3 heteroatoms. The van der Waals surface area contributed by atoms with Crippen LogP contribution in [0, 0.1) is 0 Å². The lowest BCUT2D eigenvalue weighted by Gasteiger charge is -2.23. The Labute approximate surface area is 197 Å². The standard InChI is InChI=1S/C28H26N2O.C2H6/c1-3-4-12-28(31)21(2)30-17-8-7-10-25(20-30)22-13-15-23(16-14-22)27-19-29-18-24-9-5-6-11-26(24)27;1-2/h3-11,13-21H,12H2,1-2H3;1-2H3/b4-3+;/t21-;/m0./s1. The Hall–Kier alpha value is -3.72. The molecule has 0 N–H and O–H groups in total. The van der Waals surface area contributed by atoms with Crippen LogP contribution in [0.15, 0.2) is 104 Å². The molecule has 3 aromatic rings. The lowest BCUT2D eigenvalue weighted by atomic mass is 9.98. The van der Waals surface area contributed by atoms with Crippen LogP contribution in [0.4, 0.5) is 0 Å². The number of benzene rings is 2. The minimum atomic E-state index is -0.219. The third-order valence-electron chi connectivity index (χ3n) is 5.60. The molecule has 0 fully saturated rings. The molecule has 0 unspecified atom stereocenters. The first-order chi connectivity index (χ1) is 16.2. The van der Waals surface area contributed by atoms with Crippen molar-refractivity contribution in [3.8, 4) is 11.1 Å². The predicted octanol–water partition coefficient (Wildman–Crippen LogP) is 7.58. The Morgan fingerprint density at radius 2 is 1.73 bits per heavy atom. The molecule has 0 saturated carbocycles. The second-order valence-electron chi connectivity index (χ2n) is 7.63. The van der Waals surface area contributed by atoms with E-state index in [1.165, 1.54) is 5.39 Å². The number of hydrogen-bond donors (Lipinski definition) is 0. The van der Waals surface area contributed by atoms with Crippen LogP contribution in [0.1, 0.15) is 39.7 Å². The maximum Gasteiger partial charge on any atom is 0.159 e. The van der Waals surface area contributed by atoms with Gasteiger partial charge in [0, 0.05) is 42.2 Å². The van der Waals surface area contributed by atoms with E-state index >= 15 is 0 Å². The number of rotatable bonds is 6. The number of fused-ring (bicyclic) bond motifs is 1. The van der Waals surface area contributed by atoms with Gasteiger partial charge in [-0.15, -0.1) is 0 Å². The molecule has 2 heterocycles. The molecule has 33 heavy (non-hydrogen) atoms. The van der Waals surface area contributed by atoms with Crippen LogP contribution >= 0.6 is 0 Å².